The summed E-state index contributed by atoms with van der Waals surface area (Å²) in [6, 6.07) is 6.11. The number of aromatic nitrogens is 2. The normalized spacial score (nSPS) is 10.9. The van der Waals surface area contributed by atoms with E-state index in [-0.39, 0.29) is 17.4 Å². The monoisotopic (exact) mass is 287 g/mol. The number of non-ortho nitro benzene ring substituents is 1. The summed E-state index contributed by atoms with van der Waals surface area (Å²) in [5.41, 5.74) is 2.77. The lowest BCUT2D eigenvalue weighted by Gasteiger charge is -2.06. The van der Waals surface area contributed by atoms with Crippen LogP contribution in [0.2, 0.25) is 0 Å². The smallest absolute Gasteiger partial charge is 0.269 e. The molecule has 0 radical (unpaired) electrons. The molecule has 0 fully saturated rings. The lowest BCUT2D eigenvalue weighted by molar-refractivity contribution is -0.384. The van der Waals surface area contributed by atoms with Gasteiger partial charge in [0.1, 0.15) is 0 Å². The number of carbonyl (C=O) groups is 1. The molecule has 0 amide bonds. The van der Waals surface area contributed by atoms with Crippen LogP contribution in [0.4, 0.5) is 5.69 Å². The third-order valence-electron chi connectivity index (χ3n) is 3.37. The second kappa shape index (κ2) is 5.47. The third-order valence-corrected chi connectivity index (χ3v) is 3.37. The SMILES string of the molecule is Cc1nn(-c2ccc([N+](=O)[O-])cc2)c(C)c1C(=O)C(C)C. The van der Waals surface area contributed by atoms with Crippen LogP contribution in [0.3, 0.4) is 0 Å². The Bertz CT molecular complexity index is 700. The number of hydrogen-bond donors (Lipinski definition) is 0. The van der Waals surface area contributed by atoms with Crippen molar-refractivity contribution in [3.63, 3.8) is 0 Å². The highest BCUT2D eigenvalue weighted by Crippen LogP contribution is 2.22. The summed E-state index contributed by atoms with van der Waals surface area (Å²) in [5.74, 6) is -0.0462. The van der Waals surface area contributed by atoms with Crippen LogP contribution < -0.4 is 0 Å². The number of nitrogens with zero attached hydrogens (tertiary/aromatic N) is 3. The highest BCUT2D eigenvalue weighted by atomic mass is 16.6. The van der Waals surface area contributed by atoms with Crippen LogP contribution in [-0.2, 0) is 0 Å². The summed E-state index contributed by atoms with van der Waals surface area (Å²) in [6.45, 7) is 7.33. The van der Waals surface area contributed by atoms with Crippen molar-refractivity contribution in [2.75, 3.05) is 0 Å². The summed E-state index contributed by atoms with van der Waals surface area (Å²) in [4.78, 5) is 22.5. The fourth-order valence-corrected chi connectivity index (χ4v) is 2.25. The van der Waals surface area contributed by atoms with Gasteiger partial charge in [0, 0.05) is 18.1 Å². The van der Waals surface area contributed by atoms with Crippen LogP contribution in [0.15, 0.2) is 24.3 Å². The maximum Gasteiger partial charge on any atom is 0.269 e. The minimum Gasteiger partial charge on any atom is -0.294 e. The van der Waals surface area contributed by atoms with Crippen molar-refractivity contribution in [1.82, 2.24) is 9.78 Å². The highest BCUT2D eigenvalue weighted by Gasteiger charge is 2.21. The van der Waals surface area contributed by atoms with Gasteiger partial charge >= 0.3 is 0 Å². The molecule has 0 aliphatic carbocycles. The molecule has 2 rings (SSSR count). The van der Waals surface area contributed by atoms with Crippen molar-refractivity contribution in [2.45, 2.75) is 27.7 Å². The Hall–Kier alpha value is -2.50. The van der Waals surface area contributed by atoms with E-state index in [1.807, 2.05) is 20.8 Å². The molecule has 0 atom stereocenters. The van der Waals surface area contributed by atoms with Gasteiger partial charge in [0.15, 0.2) is 5.78 Å². The van der Waals surface area contributed by atoms with Crippen molar-refractivity contribution in [1.29, 1.82) is 0 Å². The zero-order valence-corrected chi connectivity index (χ0v) is 12.5. The Kier molecular flexibility index (Phi) is 3.88. The predicted octanol–water partition coefficient (Wildman–Crippen LogP) is 3.24. The van der Waals surface area contributed by atoms with Gasteiger partial charge in [-0.15, -0.1) is 0 Å². The summed E-state index contributed by atoms with van der Waals surface area (Å²) >= 11 is 0. The molecule has 1 aromatic heterocycles. The first-order chi connectivity index (χ1) is 9.82. The molecule has 0 saturated heterocycles. The molecule has 1 aromatic carbocycles. The number of ketones is 1. The Labute approximate surface area is 122 Å². The molecular weight excluding hydrogens is 270 g/mol. The van der Waals surface area contributed by atoms with Gasteiger partial charge in [-0.2, -0.15) is 5.10 Å². The fraction of sp³-hybridized carbons (Fsp3) is 0.333. The molecule has 1 heterocycles. The quantitative estimate of drug-likeness (QED) is 0.491. The van der Waals surface area contributed by atoms with E-state index in [4.69, 9.17) is 0 Å². The van der Waals surface area contributed by atoms with Gasteiger partial charge in [0.05, 0.1) is 27.6 Å². The Morgan fingerprint density at radius 2 is 1.81 bits per heavy atom. The van der Waals surface area contributed by atoms with Gasteiger partial charge in [-0.1, -0.05) is 13.8 Å². The average Bonchev–Trinajstić information content (AvgIpc) is 2.73. The number of nitro benzene ring substituents is 1. The molecule has 110 valence electrons. The molecule has 0 unspecified atom stereocenters. The topological polar surface area (TPSA) is 78.0 Å². The van der Waals surface area contributed by atoms with Crippen molar-refractivity contribution < 1.29 is 9.72 Å². The second-order valence-electron chi connectivity index (χ2n) is 5.25. The average molecular weight is 287 g/mol. The Morgan fingerprint density at radius 3 is 2.29 bits per heavy atom. The summed E-state index contributed by atoms with van der Waals surface area (Å²) in [5, 5.41) is 15.1. The standard InChI is InChI=1S/C15H17N3O3/c1-9(2)15(19)14-10(3)16-17(11(14)4)12-5-7-13(8-6-12)18(20)21/h5-9H,1-4H3. The molecule has 6 heteroatoms. The van der Waals surface area contributed by atoms with Gasteiger partial charge in [0.25, 0.3) is 5.69 Å². The molecule has 0 bridgehead atoms. The van der Waals surface area contributed by atoms with E-state index in [2.05, 4.69) is 5.10 Å². The van der Waals surface area contributed by atoms with E-state index in [0.29, 0.717) is 16.9 Å². The number of carbonyl (C=O) groups excluding carboxylic acids is 1. The second-order valence-corrected chi connectivity index (χ2v) is 5.25. The third kappa shape index (κ3) is 2.69. The minimum atomic E-state index is -0.446. The number of benzene rings is 1. The lowest BCUT2D eigenvalue weighted by Crippen LogP contribution is -2.10. The van der Waals surface area contributed by atoms with Crippen molar-refractivity contribution in [3.05, 3.63) is 51.3 Å². The molecule has 0 aliphatic rings. The van der Waals surface area contributed by atoms with E-state index in [9.17, 15) is 14.9 Å². The first-order valence-corrected chi connectivity index (χ1v) is 6.68. The molecule has 0 N–H and O–H groups in total. The number of nitro groups is 1. The van der Waals surface area contributed by atoms with Crippen molar-refractivity contribution in [2.24, 2.45) is 5.92 Å². The van der Waals surface area contributed by atoms with Gasteiger partial charge in [0.2, 0.25) is 0 Å². The Balaban J connectivity index is 2.48. The van der Waals surface area contributed by atoms with E-state index in [1.54, 1.807) is 23.7 Å². The van der Waals surface area contributed by atoms with Gasteiger partial charge in [-0.25, -0.2) is 4.68 Å². The van der Waals surface area contributed by atoms with E-state index in [0.717, 1.165) is 5.69 Å². The lowest BCUT2D eigenvalue weighted by atomic mass is 9.99. The van der Waals surface area contributed by atoms with Crippen LogP contribution in [0, 0.1) is 29.9 Å². The first-order valence-electron chi connectivity index (χ1n) is 6.68. The van der Waals surface area contributed by atoms with Crippen molar-refractivity contribution in [3.8, 4) is 5.69 Å². The van der Waals surface area contributed by atoms with Crippen LogP contribution in [0.5, 0.6) is 0 Å². The van der Waals surface area contributed by atoms with Gasteiger partial charge < -0.3 is 0 Å². The Morgan fingerprint density at radius 1 is 1.24 bits per heavy atom. The van der Waals surface area contributed by atoms with Crippen LogP contribution >= 0.6 is 0 Å². The number of Topliss-reactive ketones (excluding diaryl/α,β-unsaturated/α-hetero) is 1. The zero-order valence-electron chi connectivity index (χ0n) is 12.5. The maximum atomic E-state index is 12.2. The molecule has 6 nitrogen and oxygen atoms in total. The minimum absolute atomic E-state index is 0.0266. The largest absolute Gasteiger partial charge is 0.294 e. The number of rotatable bonds is 4. The predicted molar refractivity (Wildman–Crippen MR) is 78.9 cm³/mol. The van der Waals surface area contributed by atoms with Crippen LogP contribution in [-0.4, -0.2) is 20.5 Å². The number of aryl methyl sites for hydroxylation is 1. The van der Waals surface area contributed by atoms with Crippen molar-refractivity contribution >= 4 is 11.5 Å². The fourth-order valence-electron chi connectivity index (χ4n) is 2.25. The molecule has 0 spiro atoms. The van der Waals surface area contributed by atoms with Gasteiger partial charge in [-0.05, 0) is 26.0 Å². The van der Waals surface area contributed by atoms with Crippen LogP contribution in [0.25, 0.3) is 5.69 Å². The van der Waals surface area contributed by atoms with E-state index < -0.39 is 4.92 Å². The zero-order chi connectivity index (χ0) is 15.7. The summed E-state index contributed by atoms with van der Waals surface area (Å²) in [6.07, 6.45) is 0. The first kappa shape index (κ1) is 14.9. The van der Waals surface area contributed by atoms with E-state index in [1.165, 1.54) is 12.1 Å². The molecule has 0 aliphatic heterocycles. The molecule has 21 heavy (non-hydrogen) atoms. The summed E-state index contributed by atoms with van der Waals surface area (Å²) < 4.78 is 1.65. The number of hydrogen-bond acceptors (Lipinski definition) is 4. The van der Waals surface area contributed by atoms with Gasteiger partial charge in [-0.3, -0.25) is 14.9 Å². The molecule has 0 saturated carbocycles. The summed E-state index contributed by atoms with van der Waals surface area (Å²) in [7, 11) is 0. The van der Waals surface area contributed by atoms with Crippen LogP contribution in [0.1, 0.15) is 35.6 Å². The molecular formula is C15H17N3O3. The maximum absolute atomic E-state index is 12.2. The molecule has 2 aromatic rings. The van der Waals surface area contributed by atoms with E-state index >= 15 is 0 Å². The highest BCUT2D eigenvalue weighted by molar-refractivity contribution is 5.99.